The quantitative estimate of drug-likeness (QED) is 0.577. The van der Waals surface area contributed by atoms with E-state index in [0.29, 0.717) is 24.7 Å². The maximum Gasteiger partial charge on any atom is 0.338 e. The summed E-state index contributed by atoms with van der Waals surface area (Å²) in [4.78, 5) is 47.9. The zero-order chi connectivity index (χ0) is 20.5. The Hall–Kier alpha value is -2.75. The number of benzene rings is 1. The number of esters is 1. The fourth-order valence-corrected chi connectivity index (χ4v) is 3.10. The first-order chi connectivity index (χ1) is 13.5. The second-order valence-corrected chi connectivity index (χ2v) is 6.48. The Labute approximate surface area is 166 Å². The molecular weight excluding hydrogens is 388 g/mol. The average Bonchev–Trinajstić information content (AvgIpc) is 3.00. The van der Waals surface area contributed by atoms with Gasteiger partial charge in [0.1, 0.15) is 0 Å². The summed E-state index contributed by atoms with van der Waals surface area (Å²) in [5.74, 6) is -0.437. The maximum atomic E-state index is 12.1. The molecular formula is C18H22N2O7S. The van der Waals surface area contributed by atoms with Crippen LogP contribution in [-0.4, -0.2) is 66.6 Å². The second-order valence-electron chi connectivity index (χ2n) is 5.55. The van der Waals surface area contributed by atoms with Crippen molar-refractivity contribution in [3.05, 3.63) is 23.8 Å². The van der Waals surface area contributed by atoms with Gasteiger partial charge in [-0.3, -0.25) is 19.3 Å². The molecule has 28 heavy (non-hydrogen) atoms. The molecule has 9 nitrogen and oxygen atoms in total. The van der Waals surface area contributed by atoms with E-state index in [1.807, 2.05) is 13.8 Å². The van der Waals surface area contributed by atoms with E-state index in [4.69, 9.17) is 14.2 Å². The van der Waals surface area contributed by atoms with E-state index in [1.165, 1.54) is 12.1 Å². The van der Waals surface area contributed by atoms with Crippen LogP contribution in [-0.2, 0) is 14.3 Å². The fourth-order valence-electron chi connectivity index (χ4n) is 2.35. The first-order valence-corrected chi connectivity index (χ1v) is 9.75. The number of amides is 3. The Balaban J connectivity index is 1.80. The molecule has 1 aliphatic rings. The van der Waals surface area contributed by atoms with E-state index in [1.54, 1.807) is 6.07 Å². The summed E-state index contributed by atoms with van der Waals surface area (Å²) in [5, 5.41) is 2.17. The van der Waals surface area contributed by atoms with Gasteiger partial charge in [0.2, 0.25) is 5.91 Å². The second kappa shape index (κ2) is 10.5. The minimum atomic E-state index is -0.680. The number of carbonyl (C=O) groups excluding carboxylic acids is 4. The Morgan fingerprint density at radius 3 is 2.50 bits per heavy atom. The topological polar surface area (TPSA) is 111 Å². The molecule has 0 aromatic heterocycles. The summed E-state index contributed by atoms with van der Waals surface area (Å²) in [6, 6.07) is 4.63. The Morgan fingerprint density at radius 2 is 1.86 bits per heavy atom. The van der Waals surface area contributed by atoms with Crippen molar-refractivity contribution in [3.63, 3.8) is 0 Å². The average molecular weight is 410 g/mol. The predicted molar refractivity (Wildman–Crippen MR) is 102 cm³/mol. The molecule has 1 saturated heterocycles. The highest BCUT2D eigenvalue weighted by Gasteiger charge is 2.29. The molecule has 0 aliphatic carbocycles. The number of hydrogen-bond donors (Lipinski definition) is 1. The van der Waals surface area contributed by atoms with Crippen LogP contribution in [0.15, 0.2) is 18.2 Å². The van der Waals surface area contributed by atoms with Gasteiger partial charge in [-0.25, -0.2) is 4.79 Å². The summed E-state index contributed by atoms with van der Waals surface area (Å²) in [7, 11) is 0. The third-order valence-corrected chi connectivity index (χ3v) is 4.47. The van der Waals surface area contributed by atoms with Gasteiger partial charge in [-0.2, -0.15) is 0 Å². The lowest BCUT2D eigenvalue weighted by Gasteiger charge is -2.13. The van der Waals surface area contributed by atoms with Gasteiger partial charge < -0.3 is 19.5 Å². The number of thioether (sulfide) groups is 1. The summed E-state index contributed by atoms with van der Waals surface area (Å²) >= 11 is 0.929. The number of carbonyl (C=O) groups is 4. The number of rotatable bonds is 10. The molecule has 1 heterocycles. The Bertz CT molecular complexity index is 737. The van der Waals surface area contributed by atoms with E-state index in [9.17, 15) is 19.2 Å². The lowest BCUT2D eigenvalue weighted by atomic mass is 10.2. The van der Waals surface area contributed by atoms with Crippen molar-refractivity contribution in [2.24, 2.45) is 0 Å². The van der Waals surface area contributed by atoms with Crippen LogP contribution in [0.1, 0.15) is 24.2 Å². The molecule has 1 aliphatic heterocycles. The molecule has 2 rings (SSSR count). The van der Waals surface area contributed by atoms with Crippen LogP contribution in [0.4, 0.5) is 4.79 Å². The maximum absolute atomic E-state index is 12.1. The number of nitrogens with one attached hydrogen (secondary N) is 1. The molecule has 1 fully saturated rings. The third kappa shape index (κ3) is 5.88. The zero-order valence-corrected chi connectivity index (χ0v) is 16.5. The third-order valence-electron chi connectivity index (χ3n) is 3.61. The van der Waals surface area contributed by atoms with Crippen LogP contribution < -0.4 is 14.8 Å². The molecule has 0 atom stereocenters. The van der Waals surface area contributed by atoms with Crippen molar-refractivity contribution in [3.8, 4) is 11.5 Å². The zero-order valence-electron chi connectivity index (χ0n) is 15.7. The summed E-state index contributed by atoms with van der Waals surface area (Å²) < 4.78 is 15.9. The van der Waals surface area contributed by atoms with Gasteiger partial charge in [0.05, 0.1) is 24.5 Å². The molecule has 1 aromatic carbocycles. The number of nitrogens with zero attached hydrogens (tertiary/aromatic N) is 1. The standard InChI is InChI=1S/C18H22N2O7S/c1-3-25-13-6-5-12(9-14(13)26-4-2)17(23)27-10-15(21)19-7-8-20-16(22)11-28-18(20)24/h5-6,9H,3-4,7-8,10-11H2,1-2H3,(H,19,21). The van der Waals surface area contributed by atoms with E-state index in [-0.39, 0.29) is 35.6 Å². The van der Waals surface area contributed by atoms with Crippen LogP contribution in [0.5, 0.6) is 11.5 Å². The van der Waals surface area contributed by atoms with Gasteiger partial charge in [0, 0.05) is 13.1 Å². The molecule has 0 spiro atoms. The van der Waals surface area contributed by atoms with E-state index < -0.39 is 18.5 Å². The van der Waals surface area contributed by atoms with Crippen molar-refractivity contribution in [2.75, 3.05) is 38.7 Å². The largest absolute Gasteiger partial charge is 0.490 e. The van der Waals surface area contributed by atoms with Gasteiger partial charge in [-0.05, 0) is 32.0 Å². The molecule has 0 bridgehead atoms. The fraction of sp³-hybridized carbons (Fsp3) is 0.444. The van der Waals surface area contributed by atoms with Gasteiger partial charge in [-0.15, -0.1) is 0 Å². The van der Waals surface area contributed by atoms with Crippen molar-refractivity contribution >= 4 is 34.8 Å². The van der Waals surface area contributed by atoms with Crippen LogP contribution in [0.25, 0.3) is 0 Å². The van der Waals surface area contributed by atoms with Crippen molar-refractivity contribution < 1.29 is 33.4 Å². The van der Waals surface area contributed by atoms with Gasteiger partial charge in [-0.1, -0.05) is 11.8 Å². The van der Waals surface area contributed by atoms with Crippen LogP contribution >= 0.6 is 11.8 Å². The molecule has 0 saturated carbocycles. The lowest BCUT2D eigenvalue weighted by molar-refractivity contribution is -0.126. The van der Waals surface area contributed by atoms with Crippen molar-refractivity contribution in [1.82, 2.24) is 10.2 Å². The van der Waals surface area contributed by atoms with E-state index >= 15 is 0 Å². The summed E-state index contributed by atoms with van der Waals surface area (Å²) in [6.45, 7) is 4.20. The monoisotopic (exact) mass is 410 g/mol. The first kappa shape index (κ1) is 21.5. The summed E-state index contributed by atoms with van der Waals surface area (Å²) in [5.41, 5.74) is 0.227. The van der Waals surface area contributed by atoms with Gasteiger partial charge in [0.15, 0.2) is 18.1 Å². The number of ether oxygens (including phenoxy) is 3. The molecule has 1 N–H and O–H groups in total. The normalized spacial score (nSPS) is 13.4. The smallest absolute Gasteiger partial charge is 0.338 e. The molecule has 0 unspecified atom stereocenters. The van der Waals surface area contributed by atoms with Gasteiger partial charge >= 0.3 is 5.97 Å². The minimum absolute atomic E-state index is 0.0843. The summed E-state index contributed by atoms with van der Waals surface area (Å²) in [6.07, 6.45) is 0. The Kier molecular flexibility index (Phi) is 8.12. The molecule has 10 heteroatoms. The minimum Gasteiger partial charge on any atom is -0.490 e. The Morgan fingerprint density at radius 1 is 1.14 bits per heavy atom. The SMILES string of the molecule is CCOc1ccc(C(=O)OCC(=O)NCCN2C(=O)CSC2=O)cc1OCC. The number of hydrogen-bond acceptors (Lipinski definition) is 8. The van der Waals surface area contributed by atoms with Gasteiger partial charge in [0.25, 0.3) is 11.1 Å². The highest BCUT2D eigenvalue weighted by atomic mass is 32.2. The molecule has 0 radical (unpaired) electrons. The lowest BCUT2D eigenvalue weighted by Crippen LogP contribution is -2.38. The molecule has 3 amide bonds. The molecule has 1 aromatic rings. The van der Waals surface area contributed by atoms with Crippen molar-refractivity contribution in [2.45, 2.75) is 13.8 Å². The van der Waals surface area contributed by atoms with Crippen LogP contribution in [0, 0.1) is 0 Å². The van der Waals surface area contributed by atoms with Crippen molar-refractivity contribution in [1.29, 1.82) is 0 Å². The number of imide groups is 1. The van der Waals surface area contributed by atoms with Crippen LogP contribution in [0.2, 0.25) is 0 Å². The van der Waals surface area contributed by atoms with E-state index in [0.717, 1.165) is 16.7 Å². The highest BCUT2D eigenvalue weighted by molar-refractivity contribution is 8.14. The molecule has 152 valence electrons. The first-order valence-electron chi connectivity index (χ1n) is 8.76. The highest BCUT2D eigenvalue weighted by Crippen LogP contribution is 2.28. The van der Waals surface area contributed by atoms with Crippen LogP contribution in [0.3, 0.4) is 0 Å². The predicted octanol–water partition coefficient (Wildman–Crippen LogP) is 1.45. The van der Waals surface area contributed by atoms with E-state index in [2.05, 4.69) is 5.32 Å².